The summed E-state index contributed by atoms with van der Waals surface area (Å²) in [6, 6.07) is 7.38. The largest absolute Gasteiger partial charge is 0.543 e. The van der Waals surface area contributed by atoms with Gasteiger partial charge in [0.2, 0.25) is 8.32 Å². The molecule has 18 heavy (non-hydrogen) atoms. The van der Waals surface area contributed by atoms with Crippen LogP contribution in [-0.2, 0) is 11.2 Å². The summed E-state index contributed by atoms with van der Waals surface area (Å²) in [4.78, 5) is 10.7. The Bertz CT molecular complexity index is 433. The van der Waals surface area contributed by atoms with Gasteiger partial charge in [-0.25, -0.2) is 0 Å². The first-order valence-electron chi connectivity index (χ1n) is 6.11. The van der Waals surface area contributed by atoms with Crippen LogP contribution in [0, 0.1) is 0 Å². The first kappa shape index (κ1) is 14.8. The van der Waals surface area contributed by atoms with Gasteiger partial charge in [0.1, 0.15) is 5.75 Å². The lowest BCUT2D eigenvalue weighted by Crippen LogP contribution is -2.43. The zero-order chi connectivity index (χ0) is 14.0. The van der Waals surface area contributed by atoms with E-state index in [9.17, 15) is 4.79 Å². The molecule has 100 valence electrons. The van der Waals surface area contributed by atoms with Gasteiger partial charge in [0.25, 0.3) is 0 Å². The second-order valence-corrected chi connectivity index (χ2v) is 10.8. The third-order valence-corrected chi connectivity index (χ3v) is 7.79. The van der Waals surface area contributed by atoms with Crippen molar-refractivity contribution in [1.82, 2.24) is 0 Å². The van der Waals surface area contributed by atoms with Crippen LogP contribution in [0.1, 0.15) is 26.3 Å². The van der Waals surface area contributed by atoms with Gasteiger partial charge < -0.3 is 9.53 Å². The van der Waals surface area contributed by atoms with Gasteiger partial charge in [-0.3, -0.25) is 4.79 Å². The lowest BCUT2D eigenvalue weighted by atomic mass is 10.1. The average molecular weight is 266 g/mol. The summed E-state index contributed by atoms with van der Waals surface area (Å²) < 4.78 is 6.13. The van der Waals surface area contributed by atoms with Crippen molar-refractivity contribution >= 4 is 14.3 Å². The van der Waals surface area contributed by atoms with E-state index in [1.165, 1.54) is 0 Å². The van der Waals surface area contributed by atoms with Gasteiger partial charge in [-0.2, -0.15) is 0 Å². The molecule has 0 aliphatic carbocycles. The molecule has 0 unspecified atom stereocenters. The zero-order valence-electron chi connectivity index (χ0n) is 11.8. The molecule has 0 aliphatic heterocycles. The van der Waals surface area contributed by atoms with Crippen molar-refractivity contribution in [3.05, 3.63) is 29.8 Å². The summed E-state index contributed by atoms with van der Waals surface area (Å²) in [5, 5.41) is 8.92. The molecule has 0 amide bonds. The first-order valence-corrected chi connectivity index (χ1v) is 9.02. The SMILES string of the molecule is CC(C)(C)[Si](C)(C)Oc1cccc(CC(=O)O)c1. The van der Waals surface area contributed by atoms with Crippen LogP contribution >= 0.6 is 0 Å². The number of benzene rings is 1. The van der Waals surface area contributed by atoms with Crippen LogP contribution in [0.25, 0.3) is 0 Å². The standard InChI is InChI=1S/C14H22O3Si/c1-14(2,3)18(4,5)17-12-8-6-7-11(9-12)10-13(15)16/h6-9H,10H2,1-5H3,(H,15,16). The van der Waals surface area contributed by atoms with E-state index < -0.39 is 14.3 Å². The Morgan fingerprint density at radius 3 is 2.44 bits per heavy atom. The Hall–Kier alpha value is -1.29. The number of rotatable bonds is 4. The number of carbonyl (C=O) groups is 1. The molecule has 1 rings (SSSR count). The van der Waals surface area contributed by atoms with E-state index in [-0.39, 0.29) is 11.5 Å². The van der Waals surface area contributed by atoms with Gasteiger partial charge in [0.05, 0.1) is 6.42 Å². The minimum absolute atomic E-state index is 0.0364. The fraction of sp³-hybridized carbons (Fsp3) is 0.500. The second-order valence-electron chi connectivity index (χ2n) is 6.08. The summed E-state index contributed by atoms with van der Waals surface area (Å²) >= 11 is 0. The van der Waals surface area contributed by atoms with Gasteiger partial charge in [0.15, 0.2) is 0 Å². The molecule has 3 nitrogen and oxygen atoms in total. The fourth-order valence-electron chi connectivity index (χ4n) is 1.34. The van der Waals surface area contributed by atoms with Crippen molar-refractivity contribution in [2.24, 2.45) is 0 Å². The van der Waals surface area contributed by atoms with E-state index >= 15 is 0 Å². The van der Waals surface area contributed by atoms with Gasteiger partial charge in [0, 0.05) is 0 Å². The van der Waals surface area contributed by atoms with Crippen molar-refractivity contribution in [2.45, 2.75) is 45.3 Å². The number of hydrogen-bond donors (Lipinski definition) is 1. The normalized spacial score (nSPS) is 12.3. The highest BCUT2D eigenvalue weighted by Gasteiger charge is 2.38. The van der Waals surface area contributed by atoms with Crippen molar-refractivity contribution in [1.29, 1.82) is 0 Å². The third kappa shape index (κ3) is 3.87. The van der Waals surface area contributed by atoms with Crippen LogP contribution in [0.3, 0.4) is 0 Å². The predicted molar refractivity (Wildman–Crippen MR) is 75.6 cm³/mol. The smallest absolute Gasteiger partial charge is 0.307 e. The number of carboxylic acid groups (broad SMARTS) is 1. The van der Waals surface area contributed by atoms with E-state index in [0.717, 1.165) is 11.3 Å². The molecule has 0 aromatic heterocycles. The van der Waals surface area contributed by atoms with Crippen molar-refractivity contribution < 1.29 is 14.3 Å². The molecule has 0 atom stereocenters. The number of aliphatic carboxylic acids is 1. The van der Waals surface area contributed by atoms with Crippen LogP contribution in [0.4, 0.5) is 0 Å². The Balaban J connectivity index is 2.89. The molecule has 0 bridgehead atoms. The molecule has 4 heteroatoms. The minimum Gasteiger partial charge on any atom is -0.543 e. The van der Waals surface area contributed by atoms with Crippen LogP contribution < -0.4 is 4.43 Å². The average Bonchev–Trinajstić information content (AvgIpc) is 2.14. The van der Waals surface area contributed by atoms with E-state index in [2.05, 4.69) is 33.9 Å². The molecular formula is C14H22O3Si. The molecule has 0 saturated heterocycles. The highest BCUT2D eigenvalue weighted by Crippen LogP contribution is 2.37. The first-order chi connectivity index (χ1) is 8.12. The summed E-state index contributed by atoms with van der Waals surface area (Å²) in [6.45, 7) is 10.9. The van der Waals surface area contributed by atoms with Crippen molar-refractivity contribution in [3.63, 3.8) is 0 Å². The van der Waals surface area contributed by atoms with Crippen LogP contribution in [0.15, 0.2) is 24.3 Å². The Kier molecular flexibility index (Phi) is 4.22. The number of carboxylic acids is 1. The summed E-state index contributed by atoms with van der Waals surface area (Å²) in [5.41, 5.74) is 0.777. The molecule has 0 fully saturated rings. The Labute approximate surface area is 110 Å². The lowest BCUT2D eigenvalue weighted by Gasteiger charge is -2.36. The van der Waals surface area contributed by atoms with Crippen LogP contribution in [0.2, 0.25) is 18.1 Å². The topological polar surface area (TPSA) is 46.5 Å². The lowest BCUT2D eigenvalue weighted by molar-refractivity contribution is -0.136. The summed E-state index contributed by atoms with van der Waals surface area (Å²) in [6.07, 6.45) is 0.0364. The highest BCUT2D eigenvalue weighted by atomic mass is 28.4. The molecular weight excluding hydrogens is 244 g/mol. The molecule has 1 aromatic carbocycles. The monoisotopic (exact) mass is 266 g/mol. The van der Waals surface area contributed by atoms with E-state index in [4.69, 9.17) is 9.53 Å². The fourth-order valence-corrected chi connectivity index (χ4v) is 2.36. The highest BCUT2D eigenvalue weighted by molar-refractivity contribution is 6.74. The molecule has 0 saturated carbocycles. The van der Waals surface area contributed by atoms with Crippen LogP contribution in [0.5, 0.6) is 5.75 Å². The van der Waals surface area contributed by atoms with Gasteiger partial charge in [-0.05, 0) is 35.8 Å². The third-order valence-electron chi connectivity index (χ3n) is 3.43. The molecule has 1 N–H and O–H groups in total. The molecule has 0 aliphatic rings. The molecule has 0 heterocycles. The van der Waals surface area contributed by atoms with Gasteiger partial charge in [-0.15, -0.1) is 0 Å². The Morgan fingerprint density at radius 2 is 1.94 bits per heavy atom. The maximum atomic E-state index is 10.7. The Morgan fingerprint density at radius 1 is 1.33 bits per heavy atom. The van der Waals surface area contributed by atoms with Crippen molar-refractivity contribution in [3.8, 4) is 5.75 Å². The van der Waals surface area contributed by atoms with E-state index in [0.29, 0.717) is 0 Å². The second kappa shape index (κ2) is 5.14. The zero-order valence-corrected chi connectivity index (χ0v) is 12.8. The number of hydrogen-bond acceptors (Lipinski definition) is 2. The maximum absolute atomic E-state index is 10.7. The predicted octanol–water partition coefficient (Wildman–Crippen LogP) is 3.70. The molecule has 0 radical (unpaired) electrons. The van der Waals surface area contributed by atoms with Crippen LogP contribution in [-0.4, -0.2) is 19.4 Å². The summed E-state index contributed by atoms with van der Waals surface area (Å²) in [7, 11) is -1.86. The van der Waals surface area contributed by atoms with E-state index in [1.807, 2.05) is 24.3 Å². The summed E-state index contributed by atoms with van der Waals surface area (Å²) in [5.74, 6) is -0.0418. The van der Waals surface area contributed by atoms with E-state index in [1.54, 1.807) is 0 Å². The quantitative estimate of drug-likeness (QED) is 0.845. The van der Waals surface area contributed by atoms with Gasteiger partial charge >= 0.3 is 5.97 Å². The molecule has 0 spiro atoms. The minimum atomic E-state index is -1.86. The maximum Gasteiger partial charge on any atom is 0.307 e. The van der Waals surface area contributed by atoms with Crippen molar-refractivity contribution in [2.75, 3.05) is 0 Å². The molecule has 1 aromatic rings. The van der Waals surface area contributed by atoms with Gasteiger partial charge in [-0.1, -0.05) is 32.9 Å².